The standard InChI is InChI=1S/C13H10N2O5S2/c1-2-14-12(16)11(22-13(14)21)4-7-3-9-10(20-6-19-9)5-8(7)15(17)18/h3-5H,2,6H2,1H3/b11-4-. The SMILES string of the molecule is CCN1C(=O)/C(=C/c2cc3c(cc2[N+](=O)[O-])OCO3)SC1=S. The van der Waals surface area contributed by atoms with E-state index in [9.17, 15) is 14.9 Å². The Kier molecular flexibility index (Phi) is 3.75. The summed E-state index contributed by atoms with van der Waals surface area (Å²) in [5.41, 5.74) is 0.136. The molecule has 0 aromatic heterocycles. The Morgan fingerprint density at radius 3 is 2.73 bits per heavy atom. The highest BCUT2D eigenvalue weighted by atomic mass is 32.2. The molecule has 22 heavy (non-hydrogen) atoms. The van der Waals surface area contributed by atoms with Crippen LogP contribution in [-0.2, 0) is 4.79 Å². The van der Waals surface area contributed by atoms with Gasteiger partial charge in [0, 0.05) is 6.54 Å². The molecule has 1 aromatic carbocycles. The number of fused-ring (bicyclic) bond motifs is 1. The predicted molar refractivity (Wildman–Crippen MR) is 84.8 cm³/mol. The molecular formula is C13H10N2O5S2. The Morgan fingerprint density at radius 2 is 2.14 bits per heavy atom. The fourth-order valence-electron chi connectivity index (χ4n) is 2.13. The fourth-order valence-corrected chi connectivity index (χ4v) is 3.51. The molecule has 1 fully saturated rings. The first-order valence-electron chi connectivity index (χ1n) is 6.34. The number of thiocarbonyl (C=S) groups is 1. The molecule has 1 aromatic rings. The Balaban J connectivity index is 2.05. The highest BCUT2D eigenvalue weighted by molar-refractivity contribution is 8.26. The molecule has 1 saturated heterocycles. The average molecular weight is 338 g/mol. The number of carbonyl (C=O) groups is 1. The van der Waals surface area contributed by atoms with Crippen LogP contribution in [0.2, 0.25) is 0 Å². The first kappa shape index (κ1) is 14.8. The van der Waals surface area contributed by atoms with Crippen molar-refractivity contribution < 1.29 is 19.2 Å². The van der Waals surface area contributed by atoms with E-state index in [1.165, 1.54) is 23.1 Å². The molecule has 9 heteroatoms. The maximum absolute atomic E-state index is 12.2. The first-order valence-corrected chi connectivity index (χ1v) is 7.57. The number of hydrogen-bond donors (Lipinski definition) is 0. The van der Waals surface area contributed by atoms with E-state index in [4.69, 9.17) is 21.7 Å². The molecular weight excluding hydrogens is 328 g/mol. The second-order valence-electron chi connectivity index (χ2n) is 4.45. The van der Waals surface area contributed by atoms with Crippen LogP contribution in [0.15, 0.2) is 17.0 Å². The summed E-state index contributed by atoms with van der Waals surface area (Å²) in [6.45, 7) is 2.30. The molecule has 0 radical (unpaired) electrons. The normalized spacial score (nSPS) is 18.4. The number of nitro groups is 1. The minimum Gasteiger partial charge on any atom is -0.454 e. The van der Waals surface area contributed by atoms with E-state index >= 15 is 0 Å². The summed E-state index contributed by atoms with van der Waals surface area (Å²) in [6.07, 6.45) is 1.47. The zero-order valence-corrected chi connectivity index (χ0v) is 13.0. The smallest absolute Gasteiger partial charge is 0.280 e. The van der Waals surface area contributed by atoms with Gasteiger partial charge in [0.2, 0.25) is 6.79 Å². The van der Waals surface area contributed by atoms with Crippen LogP contribution < -0.4 is 9.47 Å². The molecule has 0 aliphatic carbocycles. The number of carbonyl (C=O) groups excluding carboxylic acids is 1. The quantitative estimate of drug-likeness (QED) is 0.362. The molecule has 0 saturated carbocycles. The Hall–Kier alpha value is -2.13. The Bertz CT molecular complexity index is 731. The lowest BCUT2D eigenvalue weighted by Crippen LogP contribution is -2.27. The van der Waals surface area contributed by atoms with Gasteiger partial charge in [-0.1, -0.05) is 24.0 Å². The minimum atomic E-state index is -0.519. The lowest BCUT2D eigenvalue weighted by atomic mass is 10.1. The minimum absolute atomic E-state index is 0.0217. The lowest BCUT2D eigenvalue weighted by molar-refractivity contribution is -0.385. The van der Waals surface area contributed by atoms with Gasteiger partial charge in [-0.2, -0.15) is 0 Å². The molecule has 7 nitrogen and oxygen atoms in total. The third kappa shape index (κ3) is 2.42. The van der Waals surface area contributed by atoms with Crippen molar-refractivity contribution >= 4 is 46.0 Å². The lowest BCUT2D eigenvalue weighted by Gasteiger charge is -2.09. The predicted octanol–water partition coefficient (Wildman–Crippen LogP) is 2.54. The van der Waals surface area contributed by atoms with Crippen molar-refractivity contribution in [3.05, 3.63) is 32.7 Å². The molecule has 0 bridgehead atoms. The van der Waals surface area contributed by atoms with E-state index in [0.717, 1.165) is 11.8 Å². The Labute approximate surface area is 135 Å². The molecule has 2 heterocycles. The van der Waals surface area contributed by atoms with Gasteiger partial charge in [-0.25, -0.2) is 0 Å². The monoisotopic (exact) mass is 338 g/mol. The van der Waals surface area contributed by atoms with Crippen LogP contribution >= 0.6 is 24.0 Å². The number of ether oxygens (including phenoxy) is 2. The summed E-state index contributed by atoms with van der Waals surface area (Å²) in [5, 5.41) is 11.2. The maximum atomic E-state index is 12.2. The van der Waals surface area contributed by atoms with Gasteiger partial charge >= 0.3 is 0 Å². The molecule has 0 spiro atoms. The van der Waals surface area contributed by atoms with Crippen molar-refractivity contribution in [2.45, 2.75) is 6.92 Å². The first-order chi connectivity index (χ1) is 10.5. The van der Waals surface area contributed by atoms with Crippen molar-refractivity contribution in [1.82, 2.24) is 4.90 Å². The number of hydrogen-bond acceptors (Lipinski definition) is 7. The van der Waals surface area contributed by atoms with Gasteiger partial charge in [0.25, 0.3) is 11.6 Å². The number of thioether (sulfide) groups is 1. The van der Waals surface area contributed by atoms with Crippen LogP contribution in [0.25, 0.3) is 6.08 Å². The van der Waals surface area contributed by atoms with E-state index in [2.05, 4.69) is 0 Å². The van der Waals surface area contributed by atoms with Gasteiger partial charge in [0.15, 0.2) is 11.5 Å². The third-order valence-corrected chi connectivity index (χ3v) is 4.57. The van der Waals surface area contributed by atoms with Gasteiger partial charge < -0.3 is 9.47 Å². The number of amides is 1. The zero-order valence-electron chi connectivity index (χ0n) is 11.4. The second-order valence-corrected chi connectivity index (χ2v) is 6.12. The number of nitrogens with zero attached hydrogens (tertiary/aromatic N) is 2. The molecule has 3 rings (SSSR count). The van der Waals surface area contributed by atoms with Crippen LogP contribution in [0.4, 0.5) is 5.69 Å². The van der Waals surface area contributed by atoms with Gasteiger partial charge in [0.1, 0.15) is 4.32 Å². The van der Waals surface area contributed by atoms with E-state index in [-0.39, 0.29) is 24.0 Å². The summed E-state index contributed by atoms with van der Waals surface area (Å²) in [5.74, 6) is 0.497. The highest BCUT2D eigenvalue weighted by Gasteiger charge is 2.32. The molecule has 1 amide bonds. The van der Waals surface area contributed by atoms with E-state index in [1.807, 2.05) is 6.92 Å². The van der Waals surface area contributed by atoms with Crippen molar-refractivity contribution in [2.24, 2.45) is 0 Å². The molecule has 0 atom stereocenters. The van der Waals surface area contributed by atoms with E-state index < -0.39 is 4.92 Å². The number of nitro benzene ring substituents is 1. The number of rotatable bonds is 3. The van der Waals surface area contributed by atoms with Crippen molar-refractivity contribution in [3.63, 3.8) is 0 Å². The van der Waals surface area contributed by atoms with Crippen molar-refractivity contribution in [2.75, 3.05) is 13.3 Å². The molecule has 114 valence electrons. The fraction of sp³-hybridized carbons (Fsp3) is 0.231. The van der Waals surface area contributed by atoms with Gasteiger partial charge in [0.05, 0.1) is 21.5 Å². The Morgan fingerprint density at radius 1 is 1.45 bits per heavy atom. The third-order valence-electron chi connectivity index (χ3n) is 3.19. The zero-order chi connectivity index (χ0) is 15.9. The summed E-state index contributed by atoms with van der Waals surface area (Å²) in [7, 11) is 0. The van der Waals surface area contributed by atoms with Crippen LogP contribution in [0.3, 0.4) is 0 Å². The van der Waals surface area contributed by atoms with Crippen molar-refractivity contribution in [3.8, 4) is 11.5 Å². The van der Waals surface area contributed by atoms with Crippen molar-refractivity contribution in [1.29, 1.82) is 0 Å². The van der Waals surface area contributed by atoms with Crippen LogP contribution in [0, 0.1) is 10.1 Å². The summed E-state index contributed by atoms with van der Waals surface area (Å²) < 4.78 is 10.8. The van der Waals surface area contributed by atoms with Gasteiger partial charge in [-0.15, -0.1) is 0 Å². The molecule has 2 aliphatic heterocycles. The summed E-state index contributed by atoms with van der Waals surface area (Å²) in [4.78, 5) is 24.7. The van der Waals surface area contributed by atoms with E-state index in [0.29, 0.717) is 27.3 Å². The topological polar surface area (TPSA) is 81.9 Å². The number of likely N-dealkylation sites (N-methyl/N-ethyl adjacent to an activating group) is 1. The molecule has 0 unspecified atom stereocenters. The summed E-state index contributed by atoms with van der Waals surface area (Å²) >= 11 is 6.25. The highest BCUT2D eigenvalue weighted by Crippen LogP contribution is 2.40. The maximum Gasteiger partial charge on any atom is 0.280 e. The molecule has 2 aliphatic rings. The largest absolute Gasteiger partial charge is 0.454 e. The second kappa shape index (κ2) is 5.58. The van der Waals surface area contributed by atoms with E-state index in [1.54, 1.807) is 0 Å². The van der Waals surface area contributed by atoms with Gasteiger partial charge in [-0.3, -0.25) is 19.8 Å². The van der Waals surface area contributed by atoms with Gasteiger partial charge in [-0.05, 0) is 19.1 Å². The molecule has 0 N–H and O–H groups in total. The summed E-state index contributed by atoms with van der Waals surface area (Å²) in [6, 6.07) is 2.80. The van der Waals surface area contributed by atoms with Crippen LogP contribution in [-0.4, -0.2) is 33.4 Å². The van der Waals surface area contributed by atoms with Crippen LogP contribution in [0.5, 0.6) is 11.5 Å². The average Bonchev–Trinajstić information content (AvgIpc) is 3.02. The van der Waals surface area contributed by atoms with Crippen LogP contribution in [0.1, 0.15) is 12.5 Å². The number of benzene rings is 1.